The van der Waals surface area contributed by atoms with Gasteiger partial charge in [0.05, 0.1) is 22.8 Å². The quantitative estimate of drug-likeness (QED) is 0.245. The molecular weight excluding hydrogens is 565 g/mol. The Kier molecular flexibility index (Phi) is 9.34. The number of amides is 3. The fraction of sp³-hybridized carbons (Fsp3) is 0.167. The molecular formula is C30H27Cl2N5O4. The minimum Gasteiger partial charge on any atom is -0.384 e. The molecule has 3 amide bonds. The molecule has 1 unspecified atom stereocenters. The molecule has 41 heavy (non-hydrogen) atoms. The first-order chi connectivity index (χ1) is 19.5. The Morgan fingerprint density at radius 3 is 2.56 bits per heavy atom. The SMILES string of the molecule is CC(=O)Nc1ccc(C=CC(=O)NCC(=O)N(C)c2ccc(Cl)c(C(O)c3ccc4nc(C)ccc4c3)c2Cl)cn1. The highest BCUT2D eigenvalue weighted by Gasteiger charge is 2.24. The van der Waals surface area contributed by atoms with Crippen LogP contribution in [0, 0.1) is 6.92 Å². The van der Waals surface area contributed by atoms with Crippen LogP contribution in [0.3, 0.4) is 0 Å². The maximum Gasteiger partial charge on any atom is 0.246 e. The van der Waals surface area contributed by atoms with Crippen molar-refractivity contribution < 1.29 is 19.5 Å². The zero-order valence-electron chi connectivity index (χ0n) is 22.5. The summed E-state index contributed by atoms with van der Waals surface area (Å²) in [5.74, 6) is -0.768. The zero-order chi connectivity index (χ0) is 29.7. The molecule has 4 rings (SSSR count). The van der Waals surface area contributed by atoms with E-state index in [-0.39, 0.29) is 28.1 Å². The summed E-state index contributed by atoms with van der Waals surface area (Å²) in [4.78, 5) is 46.1. The molecule has 0 aliphatic carbocycles. The molecule has 0 aliphatic rings. The number of fused-ring (bicyclic) bond motifs is 1. The number of anilines is 2. The molecule has 0 spiro atoms. The average molecular weight is 592 g/mol. The number of hydrogen-bond acceptors (Lipinski definition) is 6. The Morgan fingerprint density at radius 1 is 1.07 bits per heavy atom. The van der Waals surface area contributed by atoms with Crippen molar-refractivity contribution >= 4 is 69.4 Å². The molecule has 2 aromatic carbocycles. The number of pyridine rings is 2. The molecule has 4 aromatic rings. The highest BCUT2D eigenvalue weighted by molar-refractivity contribution is 6.38. The van der Waals surface area contributed by atoms with Crippen LogP contribution in [-0.2, 0) is 14.4 Å². The van der Waals surface area contributed by atoms with Gasteiger partial charge in [0.15, 0.2) is 0 Å². The van der Waals surface area contributed by atoms with E-state index in [1.807, 2.05) is 31.2 Å². The number of nitrogens with one attached hydrogen (secondary N) is 2. The van der Waals surface area contributed by atoms with E-state index >= 15 is 0 Å². The van der Waals surface area contributed by atoms with Crippen molar-refractivity contribution in [2.75, 3.05) is 23.8 Å². The van der Waals surface area contributed by atoms with Crippen molar-refractivity contribution in [3.8, 4) is 0 Å². The van der Waals surface area contributed by atoms with E-state index in [0.29, 0.717) is 22.6 Å². The summed E-state index contributed by atoms with van der Waals surface area (Å²) < 4.78 is 0. The highest BCUT2D eigenvalue weighted by atomic mass is 35.5. The number of aliphatic hydroxyl groups excluding tert-OH is 1. The van der Waals surface area contributed by atoms with E-state index in [1.54, 1.807) is 30.3 Å². The lowest BCUT2D eigenvalue weighted by molar-refractivity contribution is -0.122. The largest absolute Gasteiger partial charge is 0.384 e. The molecule has 11 heteroatoms. The van der Waals surface area contributed by atoms with E-state index < -0.39 is 17.9 Å². The van der Waals surface area contributed by atoms with Gasteiger partial charge in [-0.25, -0.2) is 4.98 Å². The van der Waals surface area contributed by atoms with E-state index in [1.165, 1.54) is 37.2 Å². The summed E-state index contributed by atoms with van der Waals surface area (Å²) in [6, 6.07) is 15.6. The van der Waals surface area contributed by atoms with E-state index in [2.05, 4.69) is 20.6 Å². The molecule has 2 aromatic heterocycles. The number of rotatable bonds is 8. The lowest BCUT2D eigenvalue weighted by Gasteiger charge is -2.23. The molecule has 0 saturated carbocycles. The van der Waals surface area contributed by atoms with Crippen LogP contribution in [0.15, 0.2) is 66.9 Å². The topological polar surface area (TPSA) is 125 Å². The van der Waals surface area contributed by atoms with Crippen molar-refractivity contribution in [2.45, 2.75) is 20.0 Å². The fourth-order valence-corrected chi connectivity index (χ4v) is 4.76. The maximum atomic E-state index is 12.9. The second-order valence-electron chi connectivity index (χ2n) is 9.26. The molecule has 0 saturated heterocycles. The van der Waals surface area contributed by atoms with Gasteiger partial charge in [0.1, 0.15) is 11.9 Å². The molecule has 2 heterocycles. The third-order valence-corrected chi connectivity index (χ3v) is 6.94. The van der Waals surface area contributed by atoms with Crippen molar-refractivity contribution in [2.24, 2.45) is 0 Å². The van der Waals surface area contributed by atoms with Crippen molar-refractivity contribution in [1.29, 1.82) is 0 Å². The minimum atomic E-state index is -1.16. The first-order valence-corrected chi connectivity index (χ1v) is 13.3. The van der Waals surface area contributed by atoms with Crippen LogP contribution in [0.5, 0.6) is 0 Å². The van der Waals surface area contributed by atoms with Crippen molar-refractivity contribution in [3.63, 3.8) is 0 Å². The zero-order valence-corrected chi connectivity index (χ0v) is 24.0. The van der Waals surface area contributed by atoms with Crippen LogP contribution in [-0.4, -0.2) is 46.4 Å². The molecule has 210 valence electrons. The molecule has 1 atom stereocenters. The normalized spacial score (nSPS) is 11.9. The Hall–Kier alpha value is -4.31. The number of hydrogen-bond donors (Lipinski definition) is 3. The van der Waals surface area contributed by atoms with Crippen LogP contribution in [0.1, 0.15) is 35.4 Å². The predicted molar refractivity (Wildman–Crippen MR) is 161 cm³/mol. The number of carbonyl (C=O) groups is 3. The van der Waals surface area contributed by atoms with Crippen LogP contribution in [0.25, 0.3) is 17.0 Å². The van der Waals surface area contributed by atoms with Gasteiger partial charge in [-0.15, -0.1) is 0 Å². The standard InChI is InChI=1S/C30H27Cl2N5O4/c1-17-4-7-20-14-21(8-10-23(20)35-17)30(41)28-22(31)9-11-24(29(28)32)37(3)27(40)16-34-26(39)13-6-19-5-12-25(33-15-19)36-18(2)38/h4-15,30,41H,16H2,1-3H3,(H,34,39)(H,33,36,38). The Morgan fingerprint density at radius 2 is 1.85 bits per heavy atom. The summed E-state index contributed by atoms with van der Waals surface area (Å²) >= 11 is 13.1. The summed E-state index contributed by atoms with van der Waals surface area (Å²) in [7, 11) is 1.52. The monoisotopic (exact) mass is 591 g/mol. The van der Waals surface area contributed by atoms with Gasteiger partial charge in [0.2, 0.25) is 17.7 Å². The summed E-state index contributed by atoms with van der Waals surface area (Å²) in [6.45, 7) is 2.99. The van der Waals surface area contributed by atoms with Gasteiger partial charge in [-0.3, -0.25) is 19.4 Å². The number of aryl methyl sites for hydroxylation is 1. The van der Waals surface area contributed by atoms with E-state index in [4.69, 9.17) is 23.2 Å². The van der Waals surface area contributed by atoms with E-state index in [9.17, 15) is 19.5 Å². The smallest absolute Gasteiger partial charge is 0.246 e. The van der Waals surface area contributed by atoms with Gasteiger partial charge < -0.3 is 20.6 Å². The van der Waals surface area contributed by atoms with Gasteiger partial charge in [-0.1, -0.05) is 35.3 Å². The molecule has 0 radical (unpaired) electrons. The lowest BCUT2D eigenvalue weighted by atomic mass is 9.99. The van der Waals surface area contributed by atoms with Crippen molar-refractivity contribution in [3.05, 3.63) is 99.3 Å². The van der Waals surface area contributed by atoms with Crippen LogP contribution >= 0.6 is 23.2 Å². The highest BCUT2D eigenvalue weighted by Crippen LogP contribution is 2.40. The number of carbonyl (C=O) groups excluding carboxylic acids is 3. The van der Waals surface area contributed by atoms with Crippen LogP contribution in [0.2, 0.25) is 10.0 Å². The van der Waals surface area contributed by atoms with E-state index in [0.717, 1.165) is 16.6 Å². The Bertz CT molecular complexity index is 1660. The molecule has 3 N–H and O–H groups in total. The second kappa shape index (κ2) is 12.9. The predicted octanol–water partition coefficient (Wildman–Crippen LogP) is 5.08. The minimum absolute atomic E-state index is 0.115. The van der Waals surface area contributed by atoms with Crippen LogP contribution in [0.4, 0.5) is 11.5 Å². The number of aromatic nitrogens is 2. The Labute approximate surface area is 246 Å². The number of nitrogens with zero attached hydrogens (tertiary/aromatic N) is 3. The van der Waals surface area contributed by atoms with Gasteiger partial charge in [-0.05, 0) is 66.6 Å². The first-order valence-electron chi connectivity index (χ1n) is 12.5. The molecule has 0 aliphatic heterocycles. The number of benzene rings is 2. The van der Waals surface area contributed by atoms with Gasteiger partial charge in [0, 0.05) is 47.9 Å². The fourth-order valence-electron chi connectivity index (χ4n) is 4.05. The second-order valence-corrected chi connectivity index (χ2v) is 10.0. The number of aliphatic hydroxyl groups is 1. The van der Waals surface area contributed by atoms with Crippen LogP contribution < -0.4 is 15.5 Å². The molecule has 9 nitrogen and oxygen atoms in total. The van der Waals surface area contributed by atoms with Gasteiger partial charge in [-0.2, -0.15) is 0 Å². The molecule has 0 bridgehead atoms. The third kappa shape index (κ3) is 7.26. The van der Waals surface area contributed by atoms with Gasteiger partial charge in [0.25, 0.3) is 0 Å². The third-order valence-electron chi connectivity index (χ3n) is 6.21. The number of halogens is 2. The lowest BCUT2D eigenvalue weighted by Crippen LogP contribution is -2.37. The summed E-state index contributed by atoms with van der Waals surface area (Å²) in [5.41, 5.74) is 3.46. The summed E-state index contributed by atoms with van der Waals surface area (Å²) in [6.07, 6.45) is 3.14. The average Bonchev–Trinajstić information content (AvgIpc) is 2.94. The Balaban J connectivity index is 1.43. The van der Waals surface area contributed by atoms with Gasteiger partial charge >= 0.3 is 0 Å². The molecule has 0 fully saturated rings. The van der Waals surface area contributed by atoms with Crippen molar-refractivity contribution in [1.82, 2.24) is 15.3 Å². The first kappa shape index (κ1) is 29.7. The number of likely N-dealkylation sites (N-methyl/N-ethyl adjacent to an activating group) is 1. The summed E-state index contributed by atoms with van der Waals surface area (Å²) in [5, 5.41) is 17.5. The maximum absolute atomic E-state index is 12.9.